The summed E-state index contributed by atoms with van der Waals surface area (Å²) >= 11 is 0. The zero-order valence-corrected chi connectivity index (χ0v) is 19.5. The second kappa shape index (κ2) is 8.57. The summed E-state index contributed by atoms with van der Waals surface area (Å²) in [5, 5.41) is 0. The van der Waals surface area contributed by atoms with Crippen LogP contribution in [0.1, 0.15) is 28.2 Å². The largest absolute Gasteiger partial charge is 0.486 e. The number of rotatable bonds is 4. The average Bonchev–Trinajstić information content (AvgIpc) is 3.16. The maximum absolute atomic E-state index is 5.80. The number of aromatic nitrogens is 4. The van der Waals surface area contributed by atoms with E-state index in [2.05, 4.69) is 51.5 Å². The minimum absolute atomic E-state index is 0.593. The SMILES string of the molecule is Cc1cc(CN2CCc3nc(-c4ccncc4)ncc3C2)c(C)n1-c1ccc2c(c1)OCCO2. The molecule has 0 saturated carbocycles. The van der Waals surface area contributed by atoms with E-state index in [0.717, 1.165) is 60.3 Å². The molecule has 0 bridgehead atoms. The summed E-state index contributed by atoms with van der Waals surface area (Å²) in [5.41, 5.74) is 8.28. The first-order valence-electron chi connectivity index (χ1n) is 11.7. The molecule has 0 saturated heterocycles. The fourth-order valence-corrected chi connectivity index (χ4v) is 4.95. The van der Waals surface area contributed by atoms with Crippen molar-refractivity contribution >= 4 is 0 Å². The first kappa shape index (κ1) is 20.9. The molecule has 1 aromatic carbocycles. The van der Waals surface area contributed by atoms with E-state index in [1.165, 1.54) is 22.5 Å². The Labute approximate surface area is 199 Å². The van der Waals surface area contributed by atoms with Crippen LogP contribution in [0.3, 0.4) is 0 Å². The number of fused-ring (bicyclic) bond motifs is 2. The van der Waals surface area contributed by atoms with E-state index in [1.807, 2.05) is 24.4 Å². The number of aryl methyl sites for hydroxylation is 1. The van der Waals surface area contributed by atoms with E-state index in [0.29, 0.717) is 13.2 Å². The molecule has 4 aromatic rings. The molecule has 7 heteroatoms. The van der Waals surface area contributed by atoms with Crippen molar-refractivity contribution in [3.05, 3.63) is 83.2 Å². The van der Waals surface area contributed by atoms with Crippen molar-refractivity contribution < 1.29 is 9.47 Å². The molecule has 6 rings (SSSR count). The van der Waals surface area contributed by atoms with Gasteiger partial charge in [-0.05, 0) is 49.7 Å². The zero-order valence-electron chi connectivity index (χ0n) is 19.5. The van der Waals surface area contributed by atoms with Gasteiger partial charge in [-0.1, -0.05) is 0 Å². The monoisotopic (exact) mass is 453 g/mol. The molecule has 34 heavy (non-hydrogen) atoms. The third-order valence-corrected chi connectivity index (χ3v) is 6.67. The van der Waals surface area contributed by atoms with Gasteiger partial charge in [0.25, 0.3) is 0 Å². The molecule has 172 valence electrons. The molecule has 0 N–H and O–H groups in total. The van der Waals surface area contributed by atoms with Crippen LogP contribution in [0, 0.1) is 13.8 Å². The molecule has 3 aromatic heterocycles. The molecule has 0 spiro atoms. The third-order valence-electron chi connectivity index (χ3n) is 6.67. The quantitative estimate of drug-likeness (QED) is 0.460. The van der Waals surface area contributed by atoms with Gasteiger partial charge in [-0.25, -0.2) is 9.97 Å². The zero-order chi connectivity index (χ0) is 23.1. The second-order valence-electron chi connectivity index (χ2n) is 8.92. The summed E-state index contributed by atoms with van der Waals surface area (Å²) in [5.74, 6) is 2.41. The van der Waals surface area contributed by atoms with Gasteiger partial charge in [0.2, 0.25) is 0 Å². The van der Waals surface area contributed by atoms with Crippen LogP contribution in [-0.2, 0) is 19.5 Å². The van der Waals surface area contributed by atoms with Crippen molar-refractivity contribution in [1.29, 1.82) is 0 Å². The van der Waals surface area contributed by atoms with Crippen LogP contribution in [0.5, 0.6) is 11.5 Å². The van der Waals surface area contributed by atoms with E-state index < -0.39 is 0 Å². The minimum Gasteiger partial charge on any atom is -0.486 e. The highest BCUT2D eigenvalue weighted by molar-refractivity contribution is 5.54. The molecular formula is C27H27N5O2. The Morgan fingerprint density at radius 3 is 2.65 bits per heavy atom. The van der Waals surface area contributed by atoms with Gasteiger partial charge >= 0.3 is 0 Å². The van der Waals surface area contributed by atoms with Crippen molar-refractivity contribution in [3.63, 3.8) is 0 Å². The molecule has 0 fully saturated rings. The third kappa shape index (κ3) is 3.82. The maximum Gasteiger partial charge on any atom is 0.163 e. The van der Waals surface area contributed by atoms with Crippen LogP contribution in [0.2, 0.25) is 0 Å². The highest BCUT2D eigenvalue weighted by Crippen LogP contribution is 2.34. The van der Waals surface area contributed by atoms with E-state index in [4.69, 9.17) is 14.5 Å². The number of ether oxygens (including phenoxy) is 2. The van der Waals surface area contributed by atoms with Crippen LogP contribution >= 0.6 is 0 Å². The van der Waals surface area contributed by atoms with Crippen molar-refractivity contribution in [2.75, 3.05) is 19.8 Å². The highest BCUT2D eigenvalue weighted by atomic mass is 16.6. The number of benzene rings is 1. The Morgan fingerprint density at radius 1 is 0.971 bits per heavy atom. The van der Waals surface area contributed by atoms with Gasteiger partial charge < -0.3 is 14.0 Å². The lowest BCUT2D eigenvalue weighted by Gasteiger charge is -2.28. The first-order valence-corrected chi connectivity index (χ1v) is 11.7. The Hall–Kier alpha value is -3.71. The highest BCUT2D eigenvalue weighted by Gasteiger charge is 2.21. The number of nitrogens with zero attached hydrogens (tertiary/aromatic N) is 5. The fourth-order valence-electron chi connectivity index (χ4n) is 4.95. The average molecular weight is 454 g/mol. The van der Waals surface area contributed by atoms with Crippen molar-refractivity contribution in [1.82, 2.24) is 24.4 Å². The summed E-state index contributed by atoms with van der Waals surface area (Å²) in [6.07, 6.45) is 6.47. The van der Waals surface area contributed by atoms with Gasteiger partial charge in [-0.2, -0.15) is 0 Å². The minimum atomic E-state index is 0.593. The maximum atomic E-state index is 5.80. The summed E-state index contributed by atoms with van der Waals surface area (Å²) < 4.78 is 13.8. The van der Waals surface area contributed by atoms with Crippen LogP contribution in [-0.4, -0.2) is 44.2 Å². The molecule has 2 aliphatic rings. The Bertz CT molecular complexity index is 1350. The van der Waals surface area contributed by atoms with E-state index in [1.54, 1.807) is 12.4 Å². The molecule has 7 nitrogen and oxygen atoms in total. The van der Waals surface area contributed by atoms with Crippen LogP contribution < -0.4 is 9.47 Å². The number of hydrogen-bond acceptors (Lipinski definition) is 6. The summed E-state index contributed by atoms with van der Waals surface area (Å²) in [6.45, 7) is 8.29. The van der Waals surface area contributed by atoms with Crippen molar-refractivity contribution in [2.45, 2.75) is 33.4 Å². The van der Waals surface area contributed by atoms with E-state index in [-0.39, 0.29) is 0 Å². The number of hydrogen-bond donors (Lipinski definition) is 0. The van der Waals surface area contributed by atoms with Gasteiger partial charge in [0.15, 0.2) is 17.3 Å². The standard InChI is InChI=1S/C27H27N5O2/c1-18-13-21(19(2)32(18)23-3-4-25-26(14-23)34-12-11-33-25)16-31-10-7-24-22(17-31)15-29-27(30-24)20-5-8-28-9-6-20/h3-6,8-9,13-15H,7,10-12,16-17H2,1-2H3. The Balaban J connectivity index is 1.21. The molecule has 0 aliphatic carbocycles. The van der Waals surface area contributed by atoms with Gasteiger partial charge in [0.05, 0.1) is 5.69 Å². The van der Waals surface area contributed by atoms with Gasteiger partial charge in [0, 0.05) is 78.9 Å². The molecule has 5 heterocycles. The Morgan fingerprint density at radius 2 is 1.79 bits per heavy atom. The summed E-state index contributed by atoms with van der Waals surface area (Å²) in [4.78, 5) is 16.0. The lowest BCUT2D eigenvalue weighted by atomic mass is 10.1. The molecule has 0 atom stereocenters. The van der Waals surface area contributed by atoms with Gasteiger partial charge in [-0.15, -0.1) is 0 Å². The van der Waals surface area contributed by atoms with Crippen LogP contribution in [0.4, 0.5) is 0 Å². The second-order valence-corrected chi connectivity index (χ2v) is 8.92. The van der Waals surface area contributed by atoms with Crippen LogP contribution in [0.25, 0.3) is 17.1 Å². The van der Waals surface area contributed by atoms with Crippen molar-refractivity contribution in [3.8, 4) is 28.6 Å². The first-order chi connectivity index (χ1) is 16.7. The molecule has 2 aliphatic heterocycles. The topological polar surface area (TPSA) is 65.3 Å². The van der Waals surface area contributed by atoms with Gasteiger partial charge in [-0.3, -0.25) is 9.88 Å². The van der Waals surface area contributed by atoms with Gasteiger partial charge in [0.1, 0.15) is 13.2 Å². The Kier molecular flexibility index (Phi) is 5.26. The fraction of sp³-hybridized carbons (Fsp3) is 0.296. The van der Waals surface area contributed by atoms with E-state index >= 15 is 0 Å². The number of pyridine rings is 1. The lowest BCUT2D eigenvalue weighted by Crippen LogP contribution is -2.31. The normalized spacial score (nSPS) is 15.2. The molecule has 0 amide bonds. The molecule has 0 radical (unpaired) electrons. The predicted octanol–water partition coefficient (Wildman–Crippen LogP) is 4.28. The van der Waals surface area contributed by atoms with Crippen LogP contribution in [0.15, 0.2) is 55.0 Å². The lowest BCUT2D eigenvalue weighted by molar-refractivity contribution is 0.171. The molecule has 0 unspecified atom stereocenters. The smallest absolute Gasteiger partial charge is 0.163 e. The van der Waals surface area contributed by atoms with Crippen molar-refractivity contribution in [2.24, 2.45) is 0 Å². The predicted molar refractivity (Wildman–Crippen MR) is 129 cm³/mol. The van der Waals surface area contributed by atoms with E-state index in [9.17, 15) is 0 Å². The summed E-state index contributed by atoms with van der Waals surface area (Å²) in [6, 6.07) is 12.4. The molecular weight excluding hydrogens is 426 g/mol. The summed E-state index contributed by atoms with van der Waals surface area (Å²) in [7, 11) is 0.